The number of carbonyl (C=O) groups is 1. The number of ether oxygens (including phenoxy) is 4. The fourth-order valence-electron chi connectivity index (χ4n) is 2.44. The topological polar surface area (TPSA) is 54.0 Å². The maximum atomic E-state index is 12.4. The third kappa shape index (κ3) is 3.72. The lowest BCUT2D eigenvalue weighted by molar-refractivity contribution is 0.104. The van der Waals surface area contributed by atoms with E-state index in [2.05, 4.69) is 0 Å². The Morgan fingerprint density at radius 3 is 2.80 bits per heavy atom. The highest BCUT2D eigenvalue weighted by atomic mass is 35.5. The Bertz CT molecular complexity index is 829. The van der Waals surface area contributed by atoms with Gasteiger partial charge in [0.05, 0.1) is 18.7 Å². The lowest BCUT2D eigenvalue weighted by atomic mass is 10.1. The first-order valence-electron chi connectivity index (χ1n) is 7.74. The van der Waals surface area contributed by atoms with E-state index in [-0.39, 0.29) is 12.6 Å². The van der Waals surface area contributed by atoms with Gasteiger partial charge in [-0.3, -0.25) is 4.79 Å². The first-order valence-corrected chi connectivity index (χ1v) is 8.12. The van der Waals surface area contributed by atoms with Gasteiger partial charge in [-0.1, -0.05) is 17.7 Å². The number of rotatable bonds is 6. The van der Waals surface area contributed by atoms with Crippen molar-refractivity contribution in [1.29, 1.82) is 0 Å². The average Bonchev–Trinajstić information content (AvgIpc) is 3.09. The van der Waals surface area contributed by atoms with Crippen molar-refractivity contribution in [2.45, 2.75) is 6.92 Å². The molecule has 0 atom stereocenters. The minimum Gasteiger partial charge on any atom is -0.493 e. The molecule has 2 aromatic rings. The molecule has 0 N–H and O–H groups in total. The molecule has 0 aliphatic carbocycles. The number of hydrogen-bond acceptors (Lipinski definition) is 5. The van der Waals surface area contributed by atoms with Crippen LogP contribution in [0.5, 0.6) is 23.0 Å². The number of benzene rings is 2. The number of fused-ring (bicyclic) bond motifs is 1. The molecule has 130 valence electrons. The minimum atomic E-state index is -0.151. The van der Waals surface area contributed by atoms with Crippen LogP contribution in [0.15, 0.2) is 36.4 Å². The van der Waals surface area contributed by atoms with Crippen LogP contribution in [0.3, 0.4) is 0 Å². The number of halogens is 1. The Kier molecular flexibility index (Phi) is 5.14. The van der Waals surface area contributed by atoms with Gasteiger partial charge in [0.25, 0.3) is 0 Å². The van der Waals surface area contributed by atoms with Crippen molar-refractivity contribution in [2.24, 2.45) is 0 Å². The molecule has 1 aliphatic heterocycles. The number of hydrogen-bond donors (Lipinski definition) is 0. The second-order valence-corrected chi connectivity index (χ2v) is 5.64. The first kappa shape index (κ1) is 17.2. The number of allylic oxidation sites excluding steroid dienone is 1. The second kappa shape index (κ2) is 7.49. The first-order chi connectivity index (χ1) is 12.1. The van der Waals surface area contributed by atoms with Crippen LogP contribution in [0.25, 0.3) is 6.08 Å². The van der Waals surface area contributed by atoms with Crippen molar-refractivity contribution in [2.75, 3.05) is 20.5 Å². The van der Waals surface area contributed by atoms with Gasteiger partial charge in [0, 0.05) is 5.56 Å². The Morgan fingerprint density at radius 2 is 2.04 bits per heavy atom. The Labute approximate surface area is 150 Å². The zero-order valence-corrected chi connectivity index (χ0v) is 14.6. The predicted molar refractivity (Wildman–Crippen MR) is 95.1 cm³/mol. The van der Waals surface area contributed by atoms with Crippen LogP contribution in [-0.4, -0.2) is 26.3 Å². The molecular weight excluding hydrogens is 344 g/mol. The molecule has 0 unspecified atom stereocenters. The van der Waals surface area contributed by atoms with E-state index in [1.807, 2.05) is 6.92 Å². The third-order valence-electron chi connectivity index (χ3n) is 3.62. The summed E-state index contributed by atoms with van der Waals surface area (Å²) in [6, 6.07) is 8.58. The molecular formula is C19H17ClO5. The number of carbonyl (C=O) groups excluding carboxylic acids is 1. The SMILES string of the molecule is CCOc1c(Cl)cc(C=CC(=O)c2ccc3c(c2)OCO3)cc1OC. The molecule has 1 heterocycles. The predicted octanol–water partition coefficient (Wildman–Crippen LogP) is 4.37. The van der Waals surface area contributed by atoms with Crippen LogP contribution in [0.2, 0.25) is 5.02 Å². The summed E-state index contributed by atoms with van der Waals surface area (Å²) in [4.78, 5) is 12.4. The summed E-state index contributed by atoms with van der Waals surface area (Å²) >= 11 is 6.23. The van der Waals surface area contributed by atoms with Crippen LogP contribution in [-0.2, 0) is 0 Å². The van der Waals surface area contributed by atoms with Crippen LogP contribution >= 0.6 is 11.6 Å². The summed E-state index contributed by atoms with van der Waals surface area (Å²) in [5, 5.41) is 0.427. The van der Waals surface area contributed by atoms with Gasteiger partial charge in [-0.2, -0.15) is 0 Å². The molecule has 25 heavy (non-hydrogen) atoms. The standard InChI is InChI=1S/C19H17ClO5/c1-3-23-19-14(20)8-12(9-18(19)22-2)4-6-15(21)13-5-7-16-17(10-13)25-11-24-16/h4-10H,3,11H2,1-2H3. The van der Waals surface area contributed by atoms with E-state index in [1.165, 1.54) is 6.08 Å². The Balaban J connectivity index is 1.81. The van der Waals surface area contributed by atoms with E-state index < -0.39 is 0 Å². The molecule has 6 heteroatoms. The molecule has 0 saturated heterocycles. The van der Waals surface area contributed by atoms with Gasteiger partial charge >= 0.3 is 0 Å². The molecule has 0 radical (unpaired) electrons. The Morgan fingerprint density at radius 1 is 1.24 bits per heavy atom. The lowest BCUT2D eigenvalue weighted by Crippen LogP contribution is -1.97. The molecule has 0 spiro atoms. The number of ketones is 1. The largest absolute Gasteiger partial charge is 0.493 e. The van der Waals surface area contributed by atoms with Gasteiger partial charge in [-0.05, 0) is 48.9 Å². The summed E-state index contributed by atoms with van der Waals surface area (Å²) < 4.78 is 21.3. The summed E-state index contributed by atoms with van der Waals surface area (Å²) in [5.74, 6) is 2.08. The summed E-state index contributed by atoms with van der Waals surface area (Å²) in [7, 11) is 1.54. The molecule has 0 bridgehead atoms. The molecule has 0 aromatic heterocycles. The second-order valence-electron chi connectivity index (χ2n) is 5.23. The van der Waals surface area contributed by atoms with Crippen molar-refractivity contribution in [3.8, 4) is 23.0 Å². The lowest BCUT2D eigenvalue weighted by Gasteiger charge is -2.11. The zero-order chi connectivity index (χ0) is 17.8. The van der Waals surface area contributed by atoms with Gasteiger partial charge in [0.15, 0.2) is 28.8 Å². The van der Waals surface area contributed by atoms with E-state index in [1.54, 1.807) is 43.5 Å². The quantitative estimate of drug-likeness (QED) is 0.565. The van der Waals surface area contributed by atoms with Crippen LogP contribution < -0.4 is 18.9 Å². The summed E-state index contributed by atoms with van der Waals surface area (Å²) in [5.41, 5.74) is 1.25. The monoisotopic (exact) mass is 360 g/mol. The smallest absolute Gasteiger partial charge is 0.231 e. The molecule has 2 aromatic carbocycles. The molecule has 5 nitrogen and oxygen atoms in total. The molecule has 1 aliphatic rings. The van der Waals surface area contributed by atoms with Crippen molar-refractivity contribution < 1.29 is 23.7 Å². The van der Waals surface area contributed by atoms with Crippen molar-refractivity contribution in [3.05, 3.63) is 52.6 Å². The number of methoxy groups -OCH3 is 1. The van der Waals surface area contributed by atoms with Crippen LogP contribution in [0.1, 0.15) is 22.8 Å². The van der Waals surface area contributed by atoms with Gasteiger partial charge in [0.2, 0.25) is 6.79 Å². The van der Waals surface area contributed by atoms with E-state index in [0.717, 1.165) is 5.56 Å². The third-order valence-corrected chi connectivity index (χ3v) is 3.91. The maximum Gasteiger partial charge on any atom is 0.231 e. The fourth-order valence-corrected chi connectivity index (χ4v) is 2.71. The summed E-state index contributed by atoms with van der Waals surface area (Å²) in [6.07, 6.45) is 3.15. The minimum absolute atomic E-state index is 0.151. The van der Waals surface area contributed by atoms with Gasteiger partial charge < -0.3 is 18.9 Å². The molecule has 0 amide bonds. The van der Waals surface area contributed by atoms with E-state index >= 15 is 0 Å². The average molecular weight is 361 g/mol. The van der Waals surface area contributed by atoms with Gasteiger partial charge in [0.1, 0.15) is 0 Å². The summed E-state index contributed by atoms with van der Waals surface area (Å²) in [6.45, 7) is 2.52. The van der Waals surface area contributed by atoms with E-state index in [0.29, 0.717) is 40.2 Å². The van der Waals surface area contributed by atoms with E-state index in [4.69, 9.17) is 30.5 Å². The van der Waals surface area contributed by atoms with Crippen molar-refractivity contribution in [3.63, 3.8) is 0 Å². The van der Waals surface area contributed by atoms with E-state index in [9.17, 15) is 4.79 Å². The highest BCUT2D eigenvalue weighted by Gasteiger charge is 2.15. The highest BCUT2D eigenvalue weighted by molar-refractivity contribution is 6.32. The Hall–Kier alpha value is -2.66. The maximum absolute atomic E-state index is 12.4. The molecule has 0 fully saturated rings. The van der Waals surface area contributed by atoms with Crippen LogP contribution in [0, 0.1) is 0 Å². The normalized spacial score (nSPS) is 12.4. The van der Waals surface area contributed by atoms with Gasteiger partial charge in [-0.15, -0.1) is 0 Å². The van der Waals surface area contributed by atoms with Crippen LogP contribution in [0.4, 0.5) is 0 Å². The fraction of sp³-hybridized carbons (Fsp3) is 0.211. The van der Waals surface area contributed by atoms with Crippen molar-refractivity contribution >= 4 is 23.5 Å². The van der Waals surface area contributed by atoms with Gasteiger partial charge in [-0.25, -0.2) is 0 Å². The molecule has 3 rings (SSSR count). The highest BCUT2D eigenvalue weighted by Crippen LogP contribution is 2.37. The van der Waals surface area contributed by atoms with Crippen molar-refractivity contribution in [1.82, 2.24) is 0 Å². The zero-order valence-electron chi connectivity index (χ0n) is 13.9. The molecule has 0 saturated carbocycles.